The lowest BCUT2D eigenvalue weighted by Gasteiger charge is -2.14. The van der Waals surface area contributed by atoms with E-state index in [2.05, 4.69) is 30.7 Å². The Hall–Kier alpha value is -4.08. The molecule has 0 aliphatic rings. The molecule has 2 N–H and O–H groups in total. The van der Waals surface area contributed by atoms with Crippen molar-refractivity contribution < 1.29 is 23.2 Å². The van der Waals surface area contributed by atoms with Crippen LogP contribution in [0.25, 0.3) is 5.82 Å². The number of nitrogens with one attached hydrogen (secondary N) is 2. The molecule has 2 aromatic heterocycles. The number of nitrogens with zero attached hydrogens (tertiary/aromatic N) is 5. The van der Waals surface area contributed by atoms with Gasteiger partial charge in [-0.15, -0.1) is 0 Å². The van der Waals surface area contributed by atoms with Crippen LogP contribution in [-0.2, 0) is 4.84 Å². The lowest BCUT2D eigenvalue weighted by Crippen LogP contribution is -2.27. The summed E-state index contributed by atoms with van der Waals surface area (Å²) in [6.45, 7) is -0.0306. The second-order valence-electron chi connectivity index (χ2n) is 6.60. The number of alkyl halides is 2. The Bertz CT molecular complexity index is 1340. The summed E-state index contributed by atoms with van der Waals surface area (Å²) in [6, 6.07) is 8.12. The summed E-state index contributed by atoms with van der Waals surface area (Å²) < 4.78 is 27.6. The van der Waals surface area contributed by atoms with Crippen molar-refractivity contribution in [3.63, 3.8) is 0 Å². The zero-order chi connectivity index (χ0) is 25.5. The van der Waals surface area contributed by atoms with Gasteiger partial charge in [0.15, 0.2) is 5.82 Å². The van der Waals surface area contributed by atoms with Crippen LogP contribution in [0.4, 0.5) is 14.5 Å². The number of benzene rings is 1. The van der Waals surface area contributed by atoms with Gasteiger partial charge in [0, 0.05) is 11.2 Å². The summed E-state index contributed by atoms with van der Waals surface area (Å²) in [5.74, 6) is -1.73. The smallest absolute Gasteiger partial charge is 0.282 e. The van der Waals surface area contributed by atoms with Gasteiger partial charge in [0.05, 0.1) is 34.6 Å². The lowest BCUT2D eigenvalue weighted by atomic mass is 10.1. The van der Waals surface area contributed by atoms with Gasteiger partial charge in [-0.3, -0.25) is 9.59 Å². The molecular formula is C21H15Cl2F2N7O3. The van der Waals surface area contributed by atoms with E-state index in [1.165, 1.54) is 43.8 Å². The van der Waals surface area contributed by atoms with Gasteiger partial charge in [-0.2, -0.15) is 10.4 Å². The Morgan fingerprint density at radius 3 is 2.74 bits per heavy atom. The zero-order valence-corrected chi connectivity index (χ0v) is 19.3. The van der Waals surface area contributed by atoms with Crippen molar-refractivity contribution in [2.24, 2.45) is 5.16 Å². The van der Waals surface area contributed by atoms with Crippen LogP contribution in [0.15, 0.2) is 41.7 Å². The Kier molecular flexibility index (Phi) is 8.30. The molecule has 0 bridgehead atoms. The first-order valence-corrected chi connectivity index (χ1v) is 10.4. The second-order valence-corrected chi connectivity index (χ2v) is 7.44. The Morgan fingerprint density at radius 2 is 2.09 bits per heavy atom. The third-order valence-corrected chi connectivity index (χ3v) is 4.88. The van der Waals surface area contributed by atoms with Crippen LogP contribution in [-0.4, -0.2) is 46.4 Å². The molecule has 0 fully saturated rings. The van der Waals surface area contributed by atoms with Crippen LogP contribution >= 0.6 is 23.2 Å². The fourth-order valence-corrected chi connectivity index (χ4v) is 3.31. The van der Waals surface area contributed by atoms with Crippen molar-refractivity contribution in [3.05, 3.63) is 69.1 Å². The molecule has 180 valence electrons. The largest absolute Gasteiger partial charge is 0.399 e. The van der Waals surface area contributed by atoms with Gasteiger partial charge in [-0.05, 0) is 30.3 Å². The zero-order valence-electron chi connectivity index (χ0n) is 17.8. The number of carbonyl (C=O) groups is 2. The molecule has 0 aliphatic carbocycles. The highest BCUT2D eigenvalue weighted by molar-refractivity contribution is 6.32. The number of rotatable bonds is 8. The first-order chi connectivity index (χ1) is 16.8. The number of oxime groups is 1. The maximum atomic E-state index is 13.4. The third-order valence-electron chi connectivity index (χ3n) is 4.36. The highest BCUT2D eigenvalue weighted by atomic mass is 35.5. The van der Waals surface area contributed by atoms with Crippen molar-refractivity contribution >= 4 is 46.9 Å². The van der Waals surface area contributed by atoms with Crippen LogP contribution < -0.4 is 10.6 Å². The molecule has 0 unspecified atom stereocenters. The molecule has 0 aliphatic heterocycles. The maximum absolute atomic E-state index is 13.4. The SMILES string of the molecule is CO/N=C/CNC(=O)c1cc(Cl)cc(C#N)c1NC(=O)c1cc(C(F)F)nn1-c1ncccc1Cl. The number of nitriles is 1. The number of hydrogen-bond donors (Lipinski definition) is 2. The summed E-state index contributed by atoms with van der Waals surface area (Å²) in [5.41, 5.74) is -1.55. The number of hydrogen-bond acceptors (Lipinski definition) is 7. The summed E-state index contributed by atoms with van der Waals surface area (Å²) >= 11 is 12.1. The van der Waals surface area contributed by atoms with Gasteiger partial charge in [0.1, 0.15) is 24.6 Å². The van der Waals surface area contributed by atoms with E-state index in [-0.39, 0.29) is 44.9 Å². The Morgan fingerprint density at radius 1 is 1.31 bits per heavy atom. The number of pyridine rings is 1. The minimum atomic E-state index is -2.99. The van der Waals surface area contributed by atoms with E-state index in [4.69, 9.17) is 23.2 Å². The van der Waals surface area contributed by atoms with E-state index in [1.807, 2.05) is 6.07 Å². The van der Waals surface area contributed by atoms with E-state index >= 15 is 0 Å². The average Bonchev–Trinajstić information content (AvgIpc) is 3.28. The summed E-state index contributed by atoms with van der Waals surface area (Å²) in [7, 11) is 1.32. The van der Waals surface area contributed by atoms with Crippen LogP contribution in [0, 0.1) is 11.3 Å². The number of amides is 2. The molecule has 35 heavy (non-hydrogen) atoms. The first-order valence-electron chi connectivity index (χ1n) is 9.64. The Balaban J connectivity index is 2.04. The van der Waals surface area contributed by atoms with Crippen molar-refractivity contribution in [2.75, 3.05) is 19.0 Å². The molecule has 0 saturated carbocycles. The van der Waals surface area contributed by atoms with Crippen molar-refractivity contribution in [2.45, 2.75) is 6.43 Å². The number of anilines is 1. The number of halogens is 4. The van der Waals surface area contributed by atoms with Crippen LogP contribution in [0.2, 0.25) is 10.0 Å². The van der Waals surface area contributed by atoms with Gasteiger partial charge < -0.3 is 15.5 Å². The molecule has 10 nitrogen and oxygen atoms in total. The van der Waals surface area contributed by atoms with Gasteiger partial charge in [0.2, 0.25) is 0 Å². The normalized spacial score (nSPS) is 10.9. The quantitative estimate of drug-likeness (QED) is 0.339. The van der Waals surface area contributed by atoms with Crippen molar-refractivity contribution in [3.8, 4) is 11.9 Å². The van der Waals surface area contributed by atoms with E-state index in [0.717, 1.165) is 10.7 Å². The van der Waals surface area contributed by atoms with E-state index in [1.54, 1.807) is 0 Å². The average molecular weight is 522 g/mol. The summed E-state index contributed by atoms with van der Waals surface area (Å²) in [6.07, 6.45) is -0.382. The van der Waals surface area contributed by atoms with Gasteiger partial charge in [-0.1, -0.05) is 28.4 Å². The molecule has 0 atom stereocenters. The molecule has 2 heterocycles. The highest BCUT2D eigenvalue weighted by Crippen LogP contribution is 2.28. The minimum absolute atomic E-state index is 0.0306. The van der Waals surface area contributed by atoms with Gasteiger partial charge >= 0.3 is 0 Å². The fourth-order valence-electron chi connectivity index (χ4n) is 2.89. The molecule has 14 heteroatoms. The van der Waals surface area contributed by atoms with Gasteiger partial charge in [0.25, 0.3) is 18.2 Å². The number of carbonyl (C=O) groups excluding carboxylic acids is 2. The third kappa shape index (κ3) is 5.89. The highest BCUT2D eigenvalue weighted by Gasteiger charge is 2.25. The second kappa shape index (κ2) is 11.4. The molecule has 3 aromatic rings. The molecule has 1 aromatic carbocycles. The van der Waals surface area contributed by atoms with Crippen LogP contribution in [0.3, 0.4) is 0 Å². The van der Waals surface area contributed by atoms with Gasteiger partial charge in [-0.25, -0.2) is 18.4 Å². The molecular weight excluding hydrogens is 507 g/mol. The predicted molar refractivity (Wildman–Crippen MR) is 123 cm³/mol. The fraction of sp³-hybridized carbons (Fsp3) is 0.143. The predicted octanol–water partition coefficient (Wildman–Crippen LogP) is 4.00. The molecule has 2 amide bonds. The monoisotopic (exact) mass is 521 g/mol. The Labute approximate surface area is 207 Å². The molecule has 0 saturated heterocycles. The summed E-state index contributed by atoms with van der Waals surface area (Å²) in [4.78, 5) is 34.4. The van der Waals surface area contributed by atoms with Crippen LogP contribution in [0.1, 0.15) is 38.5 Å². The standard InChI is InChI=1S/C21H15Cl2F2N7O3/c1-35-29-6-5-28-20(33)13-8-12(22)7-11(10-26)17(13)30-21(34)16-9-15(18(24)25)31-32(16)19-14(23)3-2-4-27-19/h2-4,6-9,18H,5H2,1H3,(H,28,33)(H,30,34)/b29-6+. The van der Waals surface area contributed by atoms with E-state index in [9.17, 15) is 23.6 Å². The molecule has 3 rings (SSSR count). The first kappa shape index (κ1) is 25.5. The van der Waals surface area contributed by atoms with E-state index in [0.29, 0.717) is 0 Å². The minimum Gasteiger partial charge on any atom is -0.399 e. The number of aromatic nitrogens is 3. The summed E-state index contributed by atoms with van der Waals surface area (Å²) in [5, 5.41) is 21.8. The lowest BCUT2D eigenvalue weighted by molar-refractivity contribution is 0.0960. The maximum Gasteiger partial charge on any atom is 0.282 e. The van der Waals surface area contributed by atoms with E-state index < -0.39 is 23.9 Å². The van der Waals surface area contributed by atoms with Crippen molar-refractivity contribution in [1.82, 2.24) is 20.1 Å². The van der Waals surface area contributed by atoms with Crippen LogP contribution in [0.5, 0.6) is 0 Å². The molecule has 0 spiro atoms. The van der Waals surface area contributed by atoms with Crippen molar-refractivity contribution in [1.29, 1.82) is 5.26 Å². The topological polar surface area (TPSA) is 134 Å². The molecule has 0 radical (unpaired) electrons.